The van der Waals surface area contributed by atoms with E-state index in [-0.39, 0.29) is 23.3 Å². The summed E-state index contributed by atoms with van der Waals surface area (Å²) in [6.45, 7) is 2.05. The van der Waals surface area contributed by atoms with Crippen molar-refractivity contribution in [2.45, 2.75) is 19.5 Å². The van der Waals surface area contributed by atoms with Gasteiger partial charge in [-0.3, -0.25) is 9.59 Å². The lowest BCUT2D eigenvalue weighted by Gasteiger charge is -2.24. The molecule has 0 unspecified atom stereocenters. The van der Waals surface area contributed by atoms with Gasteiger partial charge in [0.1, 0.15) is 11.3 Å². The molecule has 2 aromatic heterocycles. The predicted octanol–water partition coefficient (Wildman–Crippen LogP) is 4.23. The largest absolute Gasteiger partial charge is 0.467 e. The Hall–Kier alpha value is -4.13. The van der Waals surface area contributed by atoms with Crippen LogP contribution in [-0.2, 0) is 11.3 Å². The molecule has 32 heavy (non-hydrogen) atoms. The SMILES string of the molecule is COC(=O)c1ccc([C@H]2c3c(oc4ccc(C)cc4c3=O)C(=O)N2Cc2ccco2)cc1. The van der Waals surface area contributed by atoms with Crippen LogP contribution in [0.3, 0.4) is 0 Å². The summed E-state index contributed by atoms with van der Waals surface area (Å²) < 4.78 is 16.2. The molecule has 1 atom stereocenters. The second kappa shape index (κ2) is 7.53. The van der Waals surface area contributed by atoms with Crippen LogP contribution in [0.4, 0.5) is 0 Å². The third-order valence-corrected chi connectivity index (χ3v) is 5.67. The number of rotatable bonds is 4. The van der Waals surface area contributed by atoms with Crippen molar-refractivity contribution >= 4 is 22.8 Å². The number of hydrogen-bond donors (Lipinski definition) is 0. The van der Waals surface area contributed by atoms with Crippen molar-refractivity contribution in [2.24, 2.45) is 0 Å². The topological polar surface area (TPSA) is 90.0 Å². The minimum atomic E-state index is -0.685. The molecule has 0 fully saturated rings. The van der Waals surface area contributed by atoms with Gasteiger partial charge in [0.25, 0.3) is 5.91 Å². The fourth-order valence-electron chi connectivity index (χ4n) is 4.13. The lowest BCUT2D eigenvalue weighted by atomic mass is 9.97. The number of carbonyl (C=O) groups excluding carboxylic acids is 2. The Morgan fingerprint density at radius 1 is 1.09 bits per heavy atom. The van der Waals surface area contributed by atoms with Crippen LogP contribution in [0.25, 0.3) is 11.0 Å². The van der Waals surface area contributed by atoms with Crippen LogP contribution in [0.1, 0.15) is 49.4 Å². The first kappa shape index (κ1) is 19.8. The maximum atomic E-state index is 13.5. The highest BCUT2D eigenvalue weighted by molar-refractivity contribution is 5.99. The Morgan fingerprint density at radius 2 is 1.88 bits per heavy atom. The van der Waals surface area contributed by atoms with Gasteiger partial charge in [-0.25, -0.2) is 4.79 Å². The van der Waals surface area contributed by atoms with Crippen LogP contribution in [0, 0.1) is 6.92 Å². The minimum absolute atomic E-state index is 0.0277. The summed E-state index contributed by atoms with van der Waals surface area (Å²) in [4.78, 5) is 40.3. The zero-order valence-corrected chi connectivity index (χ0v) is 17.5. The molecule has 0 bridgehead atoms. The lowest BCUT2D eigenvalue weighted by Crippen LogP contribution is -2.29. The van der Waals surface area contributed by atoms with Crippen molar-refractivity contribution in [3.8, 4) is 0 Å². The second-order valence-electron chi connectivity index (χ2n) is 7.70. The summed E-state index contributed by atoms with van der Waals surface area (Å²) in [5.41, 5.74) is 2.37. The number of benzene rings is 2. The fraction of sp³-hybridized carbons (Fsp3) is 0.160. The molecule has 0 saturated carbocycles. The number of fused-ring (bicyclic) bond motifs is 2. The summed E-state index contributed by atoms with van der Waals surface area (Å²) in [7, 11) is 1.31. The third kappa shape index (κ3) is 3.10. The molecule has 2 aromatic carbocycles. The van der Waals surface area contributed by atoms with Crippen molar-refractivity contribution in [3.63, 3.8) is 0 Å². The number of furan rings is 1. The van der Waals surface area contributed by atoms with Gasteiger partial charge in [-0.15, -0.1) is 0 Å². The number of methoxy groups -OCH3 is 1. The van der Waals surface area contributed by atoms with E-state index < -0.39 is 17.9 Å². The standard InChI is InChI=1S/C25H19NO6/c1-14-5-10-19-18(12-14)22(27)20-21(15-6-8-16(9-7-15)25(29)30-2)26(24(28)23(20)32-19)13-17-4-3-11-31-17/h3-12,21H,13H2,1-2H3/t21-/m0/s1. The van der Waals surface area contributed by atoms with E-state index in [1.54, 1.807) is 53.4 Å². The highest BCUT2D eigenvalue weighted by atomic mass is 16.5. The fourth-order valence-corrected chi connectivity index (χ4v) is 4.13. The van der Waals surface area contributed by atoms with Crippen LogP contribution in [0.2, 0.25) is 0 Å². The van der Waals surface area contributed by atoms with Crippen molar-refractivity contribution < 1.29 is 23.2 Å². The summed E-state index contributed by atoms with van der Waals surface area (Å²) >= 11 is 0. The molecule has 1 amide bonds. The second-order valence-corrected chi connectivity index (χ2v) is 7.70. The summed E-state index contributed by atoms with van der Waals surface area (Å²) in [5.74, 6) is -0.249. The van der Waals surface area contributed by atoms with E-state index in [2.05, 4.69) is 0 Å². The zero-order chi connectivity index (χ0) is 22.4. The van der Waals surface area contributed by atoms with Crippen LogP contribution in [-0.4, -0.2) is 23.9 Å². The molecule has 4 aromatic rings. The van der Waals surface area contributed by atoms with Gasteiger partial charge in [0.15, 0.2) is 5.43 Å². The first-order valence-corrected chi connectivity index (χ1v) is 10.1. The highest BCUT2D eigenvalue weighted by Crippen LogP contribution is 2.39. The molecule has 3 heterocycles. The molecule has 7 nitrogen and oxygen atoms in total. The van der Waals surface area contributed by atoms with E-state index in [1.807, 2.05) is 13.0 Å². The molecule has 0 spiro atoms. The first-order valence-electron chi connectivity index (χ1n) is 10.1. The number of carbonyl (C=O) groups is 2. The van der Waals surface area contributed by atoms with Crippen molar-refractivity contribution in [3.05, 3.63) is 105 Å². The van der Waals surface area contributed by atoms with Gasteiger partial charge in [0.05, 0.1) is 42.5 Å². The van der Waals surface area contributed by atoms with Gasteiger partial charge in [-0.1, -0.05) is 23.8 Å². The van der Waals surface area contributed by atoms with Gasteiger partial charge >= 0.3 is 5.97 Å². The number of ether oxygens (including phenoxy) is 1. The summed E-state index contributed by atoms with van der Waals surface area (Å²) in [6, 6.07) is 14.8. The maximum absolute atomic E-state index is 13.5. The smallest absolute Gasteiger partial charge is 0.337 e. The molecule has 1 aliphatic rings. The van der Waals surface area contributed by atoms with E-state index >= 15 is 0 Å². The molecule has 0 radical (unpaired) electrons. The number of amides is 1. The highest BCUT2D eigenvalue weighted by Gasteiger charge is 2.43. The molecule has 7 heteroatoms. The van der Waals surface area contributed by atoms with Gasteiger partial charge in [-0.05, 0) is 48.9 Å². The van der Waals surface area contributed by atoms with Gasteiger partial charge in [0, 0.05) is 0 Å². The molecule has 160 valence electrons. The van der Waals surface area contributed by atoms with Gasteiger partial charge in [0.2, 0.25) is 5.76 Å². The maximum Gasteiger partial charge on any atom is 0.337 e. The van der Waals surface area contributed by atoms with E-state index in [1.165, 1.54) is 13.4 Å². The van der Waals surface area contributed by atoms with Crippen LogP contribution >= 0.6 is 0 Å². The lowest BCUT2D eigenvalue weighted by molar-refractivity contribution is 0.0599. The zero-order valence-electron chi connectivity index (χ0n) is 17.5. The van der Waals surface area contributed by atoms with Gasteiger partial charge in [-0.2, -0.15) is 0 Å². The molecule has 0 saturated heterocycles. The third-order valence-electron chi connectivity index (χ3n) is 5.67. The van der Waals surface area contributed by atoms with Crippen LogP contribution in [0.15, 0.2) is 74.5 Å². The number of esters is 1. The monoisotopic (exact) mass is 429 g/mol. The van der Waals surface area contributed by atoms with Gasteiger partial charge < -0.3 is 18.5 Å². The summed E-state index contributed by atoms with van der Waals surface area (Å²) in [5, 5.41) is 0.424. The van der Waals surface area contributed by atoms with E-state index in [0.29, 0.717) is 27.9 Å². The van der Waals surface area contributed by atoms with Crippen molar-refractivity contribution in [1.29, 1.82) is 0 Å². The van der Waals surface area contributed by atoms with E-state index in [4.69, 9.17) is 13.6 Å². The van der Waals surface area contributed by atoms with Crippen molar-refractivity contribution in [2.75, 3.05) is 7.11 Å². The Labute approximate surface area is 182 Å². The molecular formula is C25H19NO6. The predicted molar refractivity (Wildman–Crippen MR) is 115 cm³/mol. The van der Waals surface area contributed by atoms with Crippen LogP contribution in [0.5, 0.6) is 0 Å². The molecule has 5 rings (SSSR count). The average Bonchev–Trinajstić information content (AvgIpc) is 3.41. The Balaban J connectivity index is 1.70. The van der Waals surface area contributed by atoms with Crippen LogP contribution < -0.4 is 5.43 Å². The molecule has 1 aliphatic heterocycles. The average molecular weight is 429 g/mol. The Bertz CT molecular complexity index is 1400. The normalized spacial score (nSPS) is 15.2. The molecule has 0 aliphatic carbocycles. The number of hydrogen-bond acceptors (Lipinski definition) is 6. The van der Waals surface area contributed by atoms with E-state index in [0.717, 1.165) is 5.56 Å². The quantitative estimate of drug-likeness (QED) is 0.451. The number of nitrogens with zero attached hydrogens (tertiary/aromatic N) is 1. The minimum Gasteiger partial charge on any atom is -0.467 e. The Morgan fingerprint density at radius 3 is 2.56 bits per heavy atom. The first-order chi connectivity index (χ1) is 15.5. The summed E-state index contributed by atoms with van der Waals surface area (Å²) in [6.07, 6.45) is 1.53. The van der Waals surface area contributed by atoms with Crippen molar-refractivity contribution in [1.82, 2.24) is 4.90 Å². The molecule has 0 N–H and O–H groups in total. The Kier molecular flexibility index (Phi) is 4.66. The molecular weight excluding hydrogens is 410 g/mol. The van der Waals surface area contributed by atoms with E-state index in [9.17, 15) is 14.4 Å². The number of aryl methyl sites for hydroxylation is 1.